The Kier molecular flexibility index (Phi) is 3.90. The summed E-state index contributed by atoms with van der Waals surface area (Å²) < 4.78 is 5.01. The van der Waals surface area contributed by atoms with Crippen LogP contribution in [0.5, 0.6) is 11.5 Å². The predicted molar refractivity (Wildman–Crippen MR) is 104 cm³/mol. The number of methoxy groups -OCH3 is 1. The van der Waals surface area contributed by atoms with Crippen LogP contribution in [0.4, 0.5) is 0 Å². The molecule has 27 heavy (non-hydrogen) atoms. The zero-order chi connectivity index (χ0) is 19.8. The smallest absolute Gasteiger partial charge is 0.338 e. The molecule has 1 aromatic carbocycles. The average Bonchev–Trinajstić information content (AvgIpc) is 2.91. The maximum absolute atomic E-state index is 12.5. The summed E-state index contributed by atoms with van der Waals surface area (Å²) >= 11 is 0. The van der Waals surface area contributed by atoms with Crippen molar-refractivity contribution in [1.82, 2.24) is 0 Å². The van der Waals surface area contributed by atoms with Crippen molar-refractivity contribution in [3.8, 4) is 11.5 Å². The van der Waals surface area contributed by atoms with Gasteiger partial charge in [0.25, 0.3) is 0 Å². The van der Waals surface area contributed by atoms with Crippen molar-refractivity contribution in [2.75, 3.05) is 7.11 Å². The number of phenolic OH excluding ortho intramolecular Hbond substituents is 2. The molecule has 148 valence electrons. The topological polar surface area (TPSA) is 66.8 Å². The van der Waals surface area contributed by atoms with Gasteiger partial charge < -0.3 is 14.9 Å². The van der Waals surface area contributed by atoms with Crippen LogP contribution in [0.25, 0.3) is 0 Å². The predicted octanol–water partition coefficient (Wildman–Crippen LogP) is 4.94. The molecule has 0 aromatic heterocycles. The Morgan fingerprint density at radius 1 is 1.11 bits per heavy atom. The zero-order valence-electron chi connectivity index (χ0n) is 17.2. The number of rotatable bonds is 1. The van der Waals surface area contributed by atoms with Gasteiger partial charge >= 0.3 is 5.97 Å². The highest BCUT2D eigenvalue weighted by Gasteiger charge is 2.62. The third-order valence-corrected chi connectivity index (χ3v) is 8.56. The maximum Gasteiger partial charge on any atom is 0.338 e. The number of ether oxygens (including phenoxy) is 1. The lowest BCUT2D eigenvalue weighted by atomic mass is 9.43. The second-order valence-corrected chi connectivity index (χ2v) is 10.3. The highest BCUT2D eigenvalue weighted by molar-refractivity contribution is 5.93. The molecular formula is C23H32O4. The Bertz CT molecular complexity index is 811. The standard InChI is InChI=1S/C23H32O4/c1-21(2)8-6-9-22(3)16(21)7-10-23(4)17(22)12-13-18(23)14(20(26)27-5)11-15(24)19(13)25/h11,16-17,24-25H,6-10,12H2,1-5H3/t16?,17-,22+,23?/m1/s1. The van der Waals surface area contributed by atoms with Gasteiger partial charge in [0.05, 0.1) is 12.7 Å². The van der Waals surface area contributed by atoms with Gasteiger partial charge in [0.1, 0.15) is 0 Å². The number of benzene rings is 1. The molecule has 4 nitrogen and oxygen atoms in total. The second kappa shape index (κ2) is 5.65. The summed E-state index contributed by atoms with van der Waals surface area (Å²) in [4.78, 5) is 12.5. The van der Waals surface area contributed by atoms with Crippen LogP contribution in [-0.2, 0) is 16.6 Å². The number of phenols is 2. The lowest BCUT2D eigenvalue weighted by Crippen LogP contribution is -2.55. The first-order chi connectivity index (χ1) is 12.6. The molecule has 0 heterocycles. The molecule has 2 unspecified atom stereocenters. The first kappa shape index (κ1) is 18.6. The minimum atomic E-state index is -0.431. The third kappa shape index (κ3) is 2.31. The van der Waals surface area contributed by atoms with Crippen LogP contribution in [0.1, 0.15) is 81.3 Å². The van der Waals surface area contributed by atoms with E-state index >= 15 is 0 Å². The number of carbonyl (C=O) groups is 1. The van der Waals surface area contributed by atoms with Crippen molar-refractivity contribution in [3.05, 3.63) is 22.8 Å². The van der Waals surface area contributed by atoms with Crippen LogP contribution < -0.4 is 0 Å². The summed E-state index contributed by atoms with van der Waals surface area (Å²) in [6, 6.07) is 1.40. The van der Waals surface area contributed by atoms with Gasteiger partial charge in [0.2, 0.25) is 0 Å². The van der Waals surface area contributed by atoms with E-state index in [4.69, 9.17) is 4.74 Å². The van der Waals surface area contributed by atoms with E-state index in [2.05, 4.69) is 27.7 Å². The van der Waals surface area contributed by atoms with Crippen LogP contribution in [0.15, 0.2) is 6.07 Å². The fraction of sp³-hybridized carbons (Fsp3) is 0.696. The van der Waals surface area contributed by atoms with E-state index in [1.165, 1.54) is 32.4 Å². The molecule has 3 aliphatic carbocycles. The highest BCUT2D eigenvalue weighted by Crippen LogP contribution is 2.68. The first-order valence-electron chi connectivity index (χ1n) is 10.2. The molecule has 0 saturated heterocycles. The molecule has 4 heteroatoms. The minimum Gasteiger partial charge on any atom is -0.504 e. The molecule has 0 spiro atoms. The van der Waals surface area contributed by atoms with E-state index in [1.807, 2.05) is 0 Å². The molecule has 0 radical (unpaired) electrons. The Labute approximate surface area is 161 Å². The second-order valence-electron chi connectivity index (χ2n) is 10.3. The molecule has 2 saturated carbocycles. The van der Waals surface area contributed by atoms with E-state index in [0.717, 1.165) is 30.4 Å². The number of fused-ring (bicyclic) bond motifs is 5. The normalized spacial score (nSPS) is 36.5. The summed E-state index contributed by atoms with van der Waals surface area (Å²) in [6.45, 7) is 9.50. The van der Waals surface area contributed by atoms with Crippen LogP contribution in [0.3, 0.4) is 0 Å². The summed E-state index contributed by atoms with van der Waals surface area (Å²) in [5.41, 5.74) is 2.40. The molecular weight excluding hydrogens is 340 g/mol. The number of hydrogen-bond donors (Lipinski definition) is 2. The van der Waals surface area contributed by atoms with Crippen molar-refractivity contribution in [2.24, 2.45) is 22.7 Å². The Balaban J connectivity index is 1.90. The van der Waals surface area contributed by atoms with Crippen molar-refractivity contribution < 1.29 is 19.7 Å². The summed E-state index contributed by atoms with van der Waals surface area (Å²) in [5.74, 6) is 0.295. The fourth-order valence-corrected chi connectivity index (χ4v) is 7.45. The first-order valence-corrected chi connectivity index (χ1v) is 10.2. The van der Waals surface area contributed by atoms with Gasteiger partial charge in [0.15, 0.2) is 11.5 Å². The number of aromatic hydroxyl groups is 2. The summed E-state index contributed by atoms with van der Waals surface area (Å²) in [5, 5.41) is 20.9. The maximum atomic E-state index is 12.5. The van der Waals surface area contributed by atoms with Crippen molar-refractivity contribution >= 4 is 5.97 Å². The number of hydrogen-bond acceptors (Lipinski definition) is 4. The Hall–Kier alpha value is -1.71. The van der Waals surface area contributed by atoms with E-state index in [-0.39, 0.29) is 22.3 Å². The van der Waals surface area contributed by atoms with Gasteiger partial charge in [-0.25, -0.2) is 4.79 Å². The van der Waals surface area contributed by atoms with E-state index in [1.54, 1.807) is 0 Å². The van der Waals surface area contributed by atoms with Gasteiger partial charge in [0, 0.05) is 5.56 Å². The van der Waals surface area contributed by atoms with Gasteiger partial charge in [-0.2, -0.15) is 0 Å². The highest BCUT2D eigenvalue weighted by atomic mass is 16.5. The molecule has 0 aliphatic heterocycles. The lowest BCUT2D eigenvalue weighted by Gasteiger charge is -2.61. The molecule has 2 N–H and O–H groups in total. The van der Waals surface area contributed by atoms with Crippen LogP contribution in [-0.4, -0.2) is 23.3 Å². The molecule has 0 bridgehead atoms. The van der Waals surface area contributed by atoms with E-state index < -0.39 is 5.97 Å². The molecule has 4 rings (SSSR count). The van der Waals surface area contributed by atoms with Crippen LogP contribution >= 0.6 is 0 Å². The molecule has 2 fully saturated rings. The van der Waals surface area contributed by atoms with Crippen molar-refractivity contribution in [1.29, 1.82) is 0 Å². The molecule has 3 aliphatic rings. The fourth-order valence-electron chi connectivity index (χ4n) is 7.45. The lowest BCUT2D eigenvalue weighted by molar-refractivity contribution is -0.0984. The van der Waals surface area contributed by atoms with Gasteiger partial charge in [-0.15, -0.1) is 0 Å². The number of esters is 1. The van der Waals surface area contributed by atoms with E-state index in [9.17, 15) is 15.0 Å². The SMILES string of the molecule is COC(=O)c1cc(O)c(O)c2c1C1(C)CCC3C(C)(C)CCC[C@]3(C)[C@H]1C2. The van der Waals surface area contributed by atoms with Crippen LogP contribution in [0.2, 0.25) is 0 Å². The Morgan fingerprint density at radius 3 is 2.48 bits per heavy atom. The molecule has 1 aromatic rings. The largest absolute Gasteiger partial charge is 0.504 e. The monoisotopic (exact) mass is 372 g/mol. The number of carbonyl (C=O) groups excluding carboxylic acids is 1. The summed E-state index contributed by atoms with van der Waals surface area (Å²) in [6.07, 6.45) is 6.54. The van der Waals surface area contributed by atoms with Gasteiger partial charge in [-0.1, -0.05) is 34.1 Å². The molecule has 4 atom stereocenters. The minimum absolute atomic E-state index is 0.0523. The average molecular weight is 373 g/mol. The van der Waals surface area contributed by atoms with Crippen molar-refractivity contribution in [3.63, 3.8) is 0 Å². The van der Waals surface area contributed by atoms with Gasteiger partial charge in [-0.05, 0) is 71.8 Å². The van der Waals surface area contributed by atoms with Crippen molar-refractivity contribution in [2.45, 2.75) is 71.6 Å². The zero-order valence-corrected chi connectivity index (χ0v) is 17.2. The van der Waals surface area contributed by atoms with E-state index in [0.29, 0.717) is 22.8 Å². The Morgan fingerprint density at radius 2 is 1.81 bits per heavy atom. The van der Waals surface area contributed by atoms with Gasteiger partial charge in [-0.3, -0.25) is 0 Å². The molecule has 0 amide bonds. The van der Waals surface area contributed by atoms with Crippen LogP contribution in [0, 0.1) is 22.7 Å². The third-order valence-electron chi connectivity index (χ3n) is 8.56. The summed E-state index contributed by atoms with van der Waals surface area (Å²) in [7, 11) is 1.37. The quantitative estimate of drug-likeness (QED) is 0.541.